The Morgan fingerprint density at radius 1 is 1.40 bits per heavy atom. The number of ether oxygens (including phenoxy) is 1. The summed E-state index contributed by atoms with van der Waals surface area (Å²) in [4.78, 5) is 11.8. The number of hydrogen-bond donors (Lipinski definition) is 1. The van der Waals surface area contributed by atoms with Crippen molar-refractivity contribution >= 4 is 17.6 Å². The summed E-state index contributed by atoms with van der Waals surface area (Å²) >= 11 is 5.74. The fourth-order valence-electron chi connectivity index (χ4n) is 1.71. The van der Waals surface area contributed by atoms with Gasteiger partial charge in [0.15, 0.2) is 6.10 Å². The number of nitrogens with zero attached hydrogens (tertiary/aromatic N) is 1. The molecule has 2 rings (SSSR count). The molecule has 0 saturated carbocycles. The molecule has 0 fully saturated rings. The maximum absolute atomic E-state index is 11.8. The summed E-state index contributed by atoms with van der Waals surface area (Å²) < 4.78 is 10.0. The van der Waals surface area contributed by atoms with Gasteiger partial charge in [-0.3, -0.25) is 0 Å². The lowest BCUT2D eigenvalue weighted by Crippen LogP contribution is -2.15. The van der Waals surface area contributed by atoms with Crippen LogP contribution in [0.3, 0.4) is 0 Å². The zero-order chi connectivity index (χ0) is 14.7. The first kappa shape index (κ1) is 14.6. The molecule has 1 aromatic heterocycles. The largest absolute Gasteiger partial charge is 0.458 e. The van der Waals surface area contributed by atoms with Gasteiger partial charge in [0.05, 0.1) is 11.3 Å². The van der Waals surface area contributed by atoms with Crippen LogP contribution in [0.25, 0.3) is 0 Å². The highest BCUT2D eigenvalue weighted by atomic mass is 35.5. The lowest BCUT2D eigenvalue weighted by molar-refractivity contribution is -0.155. The quantitative estimate of drug-likeness (QED) is 0.878. The second kappa shape index (κ2) is 6.07. The molecule has 0 aliphatic heterocycles. The SMILES string of the molecule is Cc1noc(C)c1COC(=O)C(O)c1ccc(Cl)cc1. The maximum atomic E-state index is 11.8. The van der Waals surface area contributed by atoms with Crippen LogP contribution in [0.4, 0.5) is 0 Å². The van der Waals surface area contributed by atoms with Crippen LogP contribution in [0.5, 0.6) is 0 Å². The van der Waals surface area contributed by atoms with Gasteiger partial charge in [0.25, 0.3) is 0 Å². The van der Waals surface area contributed by atoms with E-state index in [9.17, 15) is 9.90 Å². The molecule has 1 atom stereocenters. The average molecular weight is 296 g/mol. The smallest absolute Gasteiger partial charge is 0.339 e. The van der Waals surface area contributed by atoms with Crippen molar-refractivity contribution in [3.8, 4) is 0 Å². The van der Waals surface area contributed by atoms with Gasteiger partial charge >= 0.3 is 5.97 Å². The van der Waals surface area contributed by atoms with E-state index in [1.54, 1.807) is 38.1 Å². The monoisotopic (exact) mass is 295 g/mol. The maximum Gasteiger partial charge on any atom is 0.339 e. The average Bonchev–Trinajstić information content (AvgIpc) is 2.75. The highest BCUT2D eigenvalue weighted by Gasteiger charge is 2.20. The van der Waals surface area contributed by atoms with Crippen LogP contribution in [0.15, 0.2) is 28.8 Å². The Labute approximate surface area is 121 Å². The molecule has 20 heavy (non-hydrogen) atoms. The van der Waals surface area contributed by atoms with Crippen molar-refractivity contribution in [2.24, 2.45) is 0 Å². The molecule has 0 aliphatic carbocycles. The molecule has 1 aromatic carbocycles. The van der Waals surface area contributed by atoms with Gasteiger partial charge in [-0.1, -0.05) is 28.9 Å². The van der Waals surface area contributed by atoms with E-state index in [2.05, 4.69) is 5.16 Å². The molecule has 2 aromatic rings. The number of aryl methyl sites for hydroxylation is 2. The molecule has 5 nitrogen and oxygen atoms in total. The third kappa shape index (κ3) is 3.18. The minimum absolute atomic E-state index is 0.0185. The number of carbonyl (C=O) groups is 1. The van der Waals surface area contributed by atoms with E-state index in [1.165, 1.54) is 0 Å². The Bertz CT molecular complexity index is 587. The first-order valence-corrected chi connectivity index (χ1v) is 6.38. The standard InChI is InChI=1S/C14H14ClNO4/c1-8-12(9(2)20-16-8)7-19-14(18)13(17)10-3-5-11(15)6-4-10/h3-6,13,17H,7H2,1-2H3. The van der Waals surface area contributed by atoms with Crippen molar-refractivity contribution in [1.82, 2.24) is 5.16 Å². The van der Waals surface area contributed by atoms with E-state index in [4.69, 9.17) is 20.9 Å². The lowest BCUT2D eigenvalue weighted by atomic mass is 10.1. The fraction of sp³-hybridized carbons (Fsp3) is 0.286. The van der Waals surface area contributed by atoms with E-state index < -0.39 is 12.1 Å². The van der Waals surface area contributed by atoms with Crippen LogP contribution < -0.4 is 0 Å². The van der Waals surface area contributed by atoms with Gasteiger partial charge in [0, 0.05) is 5.02 Å². The first-order chi connectivity index (χ1) is 9.49. The molecule has 1 unspecified atom stereocenters. The molecule has 1 heterocycles. The molecule has 0 radical (unpaired) electrons. The Morgan fingerprint density at radius 2 is 2.05 bits per heavy atom. The molecule has 1 N–H and O–H groups in total. The lowest BCUT2D eigenvalue weighted by Gasteiger charge is -2.11. The molecule has 6 heteroatoms. The third-order valence-electron chi connectivity index (χ3n) is 2.95. The first-order valence-electron chi connectivity index (χ1n) is 6.01. The number of aromatic nitrogens is 1. The van der Waals surface area contributed by atoms with E-state index in [0.717, 1.165) is 0 Å². The van der Waals surface area contributed by atoms with E-state index in [-0.39, 0.29) is 6.61 Å². The zero-order valence-electron chi connectivity index (χ0n) is 11.1. The summed E-state index contributed by atoms with van der Waals surface area (Å²) in [5.74, 6) is -0.136. The second-order valence-corrected chi connectivity index (χ2v) is 4.80. The van der Waals surface area contributed by atoms with Gasteiger partial charge in [0.2, 0.25) is 0 Å². The normalized spacial score (nSPS) is 12.2. The van der Waals surface area contributed by atoms with Crippen molar-refractivity contribution < 1.29 is 19.2 Å². The number of aliphatic hydroxyl groups is 1. The fourth-order valence-corrected chi connectivity index (χ4v) is 1.84. The number of halogens is 1. The topological polar surface area (TPSA) is 72.6 Å². The summed E-state index contributed by atoms with van der Waals surface area (Å²) in [6.07, 6.45) is -1.34. The van der Waals surface area contributed by atoms with Crippen LogP contribution in [-0.2, 0) is 16.1 Å². The molecule has 0 spiro atoms. The summed E-state index contributed by atoms with van der Waals surface area (Å²) in [6, 6.07) is 6.34. The van der Waals surface area contributed by atoms with Crippen molar-refractivity contribution in [2.75, 3.05) is 0 Å². The van der Waals surface area contributed by atoms with Gasteiger partial charge in [-0.05, 0) is 31.5 Å². The summed E-state index contributed by atoms with van der Waals surface area (Å²) in [7, 11) is 0. The van der Waals surface area contributed by atoms with Gasteiger partial charge in [-0.25, -0.2) is 4.79 Å². The number of aliphatic hydroxyl groups excluding tert-OH is 1. The minimum atomic E-state index is -1.34. The number of hydrogen-bond acceptors (Lipinski definition) is 5. The Hall–Kier alpha value is -1.85. The van der Waals surface area contributed by atoms with E-state index >= 15 is 0 Å². The van der Waals surface area contributed by atoms with Crippen LogP contribution in [-0.4, -0.2) is 16.2 Å². The van der Waals surface area contributed by atoms with Crippen molar-refractivity contribution in [2.45, 2.75) is 26.6 Å². The Kier molecular flexibility index (Phi) is 4.42. The van der Waals surface area contributed by atoms with Gasteiger partial charge < -0.3 is 14.4 Å². The van der Waals surface area contributed by atoms with Crippen molar-refractivity contribution in [1.29, 1.82) is 0 Å². The van der Waals surface area contributed by atoms with E-state index in [0.29, 0.717) is 27.6 Å². The van der Waals surface area contributed by atoms with Crippen LogP contribution >= 0.6 is 11.6 Å². The number of rotatable bonds is 4. The number of benzene rings is 1. The highest BCUT2D eigenvalue weighted by Crippen LogP contribution is 2.19. The van der Waals surface area contributed by atoms with Crippen LogP contribution in [0.1, 0.15) is 28.7 Å². The highest BCUT2D eigenvalue weighted by molar-refractivity contribution is 6.30. The number of carbonyl (C=O) groups excluding carboxylic acids is 1. The Morgan fingerprint density at radius 3 is 2.60 bits per heavy atom. The van der Waals surface area contributed by atoms with Crippen molar-refractivity contribution in [3.63, 3.8) is 0 Å². The second-order valence-electron chi connectivity index (χ2n) is 4.36. The van der Waals surface area contributed by atoms with Gasteiger partial charge in [-0.15, -0.1) is 0 Å². The van der Waals surface area contributed by atoms with Crippen LogP contribution in [0.2, 0.25) is 5.02 Å². The predicted octanol–water partition coefficient (Wildman–Crippen LogP) is 2.72. The zero-order valence-corrected chi connectivity index (χ0v) is 11.8. The summed E-state index contributed by atoms with van der Waals surface area (Å²) in [6.45, 7) is 3.51. The van der Waals surface area contributed by atoms with E-state index in [1.807, 2.05) is 0 Å². The molecule has 106 valence electrons. The molecule has 0 saturated heterocycles. The summed E-state index contributed by atoms with van der Waals surface area (Å²) in [5, 5.41) is 14.2. The predicted molar refractivity (Wildman–Crippen MR) is 72.2 cm³/mol. The molecule has 0 amide bonds. The minimum Gasteiger partial charge on any atom is -0.458 e. The molecule has 0 aliphatic rings. The molecular formula is C14H14ClNO4. The van der Waals surface area contributed by atoms with Crippen LogP contribution in [0, 0.1) is 13.8 Å². The van der Waals surface area contributed by atoms with Crippen molar-refractivity contribution in [3.05, 3.63) is 51.9 Å². The third-order valence-corrected chi connectivity index (χ3v) is 3.20. The number of esters is 1. The summed E-state index contributed by atoms with van der Waals surface area (Å²) in [5.41, 5.74) is 1.80. The molecular weight excluding hydrogens is 282 g/mol. The molecule has 0 bridgehead atoms. The van der Waals surface area contributed by atoms with Gasteiger partial charge in [-0.2, -0.15) is 0 Å². The Balaban J connectivity index is 2.00. The van der Waals surface area contributed by atoms with Gasteiger partial charge in [0.1, 0.15) is 12.4 Å².